The highest BCUT2D eigenvalue weighted by Gasteiger charge is 2.29. The molecule has 4 bridgehead atoms. The molecule has 3 aromatic rings. The number of carbonyl (C=O) groups is 2. The van der Waals surface area contributed by atoms with Crippen LogP contribution in [0.2, 0.25) is 0 Å². The van der Waals surface area contributed by atoms with Crippen molar-refractivity contribution in [2.45, 2.75) is 37.7 Å². The number of fused-ring (bicyclic) bond motifs is 4. The molecule has 2 aliphatic heterocycles. The Morgan fingerprint density at radius 3 is 2.44 bits per heavy atom. The van der Waals surface area contributed by atoms with Gasteiger partial charge in [-0.1, -0.05) is 24.3 Å². The van der Waals surface area contributed by atoms with Crippen LogP contribution in [0.3, 0.4) is 0 Å². The largest absolute Gasteiger partial charge is 0.481 e. The number of rotatable bonds is 4. The smallest absolute Gasteiger partial charge is 0.306 e. The van der Waals surface area contributed by atoms with Crippen LogP contribution in [-0.2, 0) is 14.8 Å². The summed E-state index contributed by atoms with van der Waals surface area (Å²) in [6.07, 6.45) is 0.513. The zero-order valence-electron chi connectivity index (χ0n) is 23.2. The lowest BCUT2D eigenvalue weighted by atomic mass is 9.97. The molecule has 0 aliphatic carbocycles. The van der Waals surface area contributed by atoms with E-state index in [1.165, 1.54) is 23.1 Å². The van der Waals surface area contributed by atoms with Gasteiger partial charge in [-0.25, -0.2) is 18.1 Å². The predicted octanol–water partition coefficient (Wildman–Crippen LogP) is 3.19. The maximum Gasteiger partial charge on any atom is 0.306 e. The Morgan fingerprint density at radius 1 is 1.07 bits per heavy atom. The molecule has 1 amide bonds. The molecule has 216 valence electrons. The summed E-state index contributed by atoms with van der Waals surface area (Å²) < 4.78 is 35.5. The quantitative estimate of drug-likeness (QED) is 0.477. The van der Waals surface area contributed by atoms with Gasteiger partial charge in [-0.3, -0.25) is 14.5 Å². The van der Waals surface area contributed by atoms with Crippen LogP contribution in [0.25, 0.3) is 11.3 Å². The van der Waals surface area contributed by atoms with E-state index in [1.807, 2.05) is 32.0 Å². The molecule has 5 rings (SSSR count). The van der Waals surface area contributed by atoms with Crippen molar-refractivity contribution in [3.05, 3.63) is 65.2 Å². The minimum absolute atomic E-state index is 0.0857. The van der Waals surface area contributed by atoms with Crippen LogP contribution in [-0.4, -0.2) is 84.5 Å². The highest BCUT2D eigenvalue weighted by Crippen LogP contribution is 2.30. The van der Waals surface area contributed by atoms with Crippen molar-refractivity contribution < 1.29 is 27.9 Å². The Morgan fingerprint density at radius 2 is 1.76 bits per heavy atom. The molecule has 2 aromatic carbocycles. The fourth-order valence-electron chi connectivity index (χ4n) is 5.42. The molecule has 1 saturated heterocycles. The summed E-state index contributed by atoms with van der Waals surface area (Å²) >= 11 is 0. The standard InChI is InChI=1S/C29H33N5O6S/c1-18-6-4-7-19(2)26(18)24-15-25-31-29(30-24)32-41(38,39)23-9-5-8-21(14-23)27(35)33(3)16-22(40-25)17-34-12-10-20(11-13-34)28(36)37/h4-9,14-15,20,22H,10-13,16-17H2,1-3H3,(H,36,37)(H,30,31,32). The predicted molar refractivity (Wildman–Crippen MR) is 152 cm³/mol. The molecular weight excluding hydrogens is 546 g/mol. The van der Waals surface area contributed by atoms with E-state index in [-0.39, 0.29) is 40.7 Å². The van der Waals surface area contributed by atoms with Crippen molar-refractivity contribution in [3.63, 3.8) is 0 Å². The summed E-state index contributed by atoms with van der Waals surface area (Å²) in [4.78, 5) is 37.3. The molecule has 3 heterocycles. The second kappa shape index (κ2) is 11.5. The van der Waals surface area contributed by atoms with Gasteiger partial charge in [0, 0.05) is 30.8 Å². The van der Waals surface area contributed by atoms with E-state index in [0.717, 1.165) is 16.7 Å². The number of aryl methyl sites for hydroxylation is 2. The van der Waals surface area contributed by atoms with Gasteiger partial charge in [-0.05, 0) is 69.1 Å². The SMILES string of the molecule is Cc1cccc(C)c1-c1cc2nc(n1)NS(=O)(=O)c1cccc(c1)C(=O)N(C)CC(CN1CCC(C(=O)O)CC1)O2. The van der Waals surface area contributed by atoms with Crippen molar-refractivity contribution in [3.8, 4) is 17.1 Å². The highest BCUT2D eigenvalue weighted by molar-refractivity contribution is 7.92. The fraction of sp³-hybridized carbons (Fsp3) is 0.379. The van der Waals surface area contributed by atoms with Gasteiger partial charge >= 0.3 is 5.97 Å². The van der Waals surface area contributed by atoms with E-state index in [2.05, 4.69) is 19.6 Å². The van der Waals surface area contributed by atoms with E-state index in [1.54, 1.807) is 19.2 Å². The number of anilines is 1. The van der Waals surface area contributed by atoms with Crippen LogP contribution < -0.4 is 9.46 Å². The van der Waals surface area contributed by atoms with Crippen molar-refractivity contribution in [2.75, 3.05) is 37.9 Å². The van der Waals surface area contributed by atoms with E-state index < -0.39 is 22.1 Å². The number of carboxylic acid groups (broad SMARTS) is 1. The molecule has 11 nitrogen and oxygen atoms in total. The molecule has 0 saturated carbocycles. The van der Waals surface area contributed by atoms with Gasteiger partial charge in [0.05, 0.1) is 23.1 Å². The molecule has 0 radical (unpaired) electrons. The number of sulfonamides is 1. The zero-order chi connectivity index (χ0) is 29.3. The van der Waals surface area contributed by atoms with E-state index >= 15 is 0 Å². The number of nitrogens with one attached hydrogen (secondary N) is 1. The first-order valence-corrected chi connectivity index (χ1v) is 14.9. The highest BCUT2D eigenvalue weighted by atomic mass is 32.2. The number of ether oxygens (including phenoxy) is 1. The van der Waals surface area contributed by atoms with Crippen molar-refractivity contribution in [1.82, 2.24) is 19.8 Å². The Labute approximate surface area is 239 Å². The molecule has 12 heteroatoms. The average Bonchev–Trinajstić information content (AvgIpc) is 2.92. The number of likely N-dealkylation sites (N-methyl/N-ethyl adjacent to an activating group) is 1. The Balaban J connectivity index is 1.57. The summed E-state index contributed by atoms with van der Waals surface area (Å²) in [5, 5.41) is 9.39. The lowest BCUT2D eigenvalue weighted by molar-refractivity contribution is -0.143. The third-order valence-electron chi connectivity index (χ3n) is 7.57. The van der Waals surface area contributed by atoms with Gasteiger partial charge in [0.2, 0.25) is 11.8 Å². The lowest BCUT2D eigenvalue weighted by Gasteiger charge is -2.34. The first kappa shape index (κ1) is 28.5. The number of nitrogens with zero attached hydrogens (tertiary/aromatic N) is 4. The first-order chi connectivity index (χ1) is 19.5. The Bertz CT molecular complexity index is 1570. The van der Waals surface area contributed by atoms with Crippen molar-refractivity contribution in [1.29, 1.82) is 0 Å². The number of piperidine rings is 1. The second-order valence-electron chi connectivity index (χ2n) is 10.7. The van der Waals surface area contributed by atoms with Gasteiger partial charge in [0.15, 0.2) is 0 Å². The summed E-state index contributed by atoms with van der Waals surface area (Å²) in [5.41, 5.74) is 3.47. The molecule has 2 aliphatic rings. The van der Waals surface area contributed by atoms with E-state index in [0.29, 0.717) is 38.2 Å². The minimum Gasteiger partial charge on any atom is -0.481 e. The van der Waals surface area contributed by atoms with Gasteiger partial charge in [-0.2, -0.15) is 4.98 Å². The number of hydrogen-bond donors (Lipinski definition) is 2. The summed E-state index contributed by atoms with van der Waals surface area (Å²) in [7, 11) is -2.48. The summed E-state index contributed by atoms with van der Waals surface area (Å²) in [6, 6.07) is 13.4. The van der Waals surface area contributed by atoms with Crippen LogP contribution in [0, 0.1) is 19.8 Å². The van der Waals surface area contributed by atoms with Gasteiger partial charge < -0.3 is 14.7 Å². The van der Waals surface area contributed by atoms with E-state index in [9.17, 15) is 23.1 Å². The van der Waals surface area contributed by atoms with Crippen molar-refractivity contribution in [2.24, 2.45) is 5.92 Å². The molecule has 1 fully saturated rings. The normalized spacial score (nSPS) is 19.7. The summed E-state index contributed by atoms with van der Waals surface area (Å²) in [6.45, 7) is 5.69. The van der Waals surface area contributed by atoms with Crippen LogP contribution in [0.5, 0.6) is 5.88 Å². The number of hydrogen-bond acceptors (Lipinski definition) is 8. The number of likely N-dealkylation sites (tertiary alicyclic amines) is 1. The monoisotopic (exact) mass is 579 g/mol. The van der Waals surface area contributed by atoms with Crippen LogP contribution in [0.4, 0.5) is 5.95 Å². The topological polar surface area (TPSA) is 142 Å². The van der Waals surface area contributed by atoms with Crippen LogP contribution in [0.1, 0.15) is 34.3 Å². The molecular formula is C29H33N5O6S. The Kier molecular flexibility index (Phi) is 7.96. The van der Waals surface area contributed by atoms with Gasteiger partial charge in [0.1, 0.15) is 6.10 Å². The first-order valence-electron chi connectivity index (χ1n) is 13.5. The van der Waals surface area contributed by atoms with Gasteiger partial charge in [0.25, 0.3) is 15.9 Å². The zero-order valence-corrected chi connectivity index (χ0v) is 24.0. The lowest BCUT2D eigenvalue weighted by Crippen LogP contribution is -2.46. The molecule has 1 atom stereocenters. The summed E-state index contributed by atoms with van der Waals surface area (Å²) in [5.74, 6) is -1.50. The maximum atomic E-state index is 13.3. The third-order valence-corrected chi connectivity index (χ3v) is 8.89. The molecule has 2 N–H and O–H groups in total. The number of aromatic nitrogens is 2. The molecule has 0 spiro atoms. The Hall–Kier alpha value is -4.03. The molecule has 1 unspecified atom stereocenters. The van der Waals surface area contributed by atoms with E-state index in [4.69, 9.17) is 4.74 Å². The third kappa shape index (κ3) is 6.33. The van der Waals surface area contributed by atoms with Crippen LogP contribution in [0.15, 0.2) is 53.4 Å². The number of aliphatic carboxylic acids is 1. The number of carbonyl (C=O) groups excluding carboxylic acids is 1. The maximum absolute atomic E-state index is 13.3. The van der Waals surface area contributed by atoms with Gasteiger partial charge in [-0.15, -0.1) is 0 Å². The average molecular weight is 580 g/mol. The van der Waals surface area contributed by atoms with Crippen molar-refractivity contribution >= 4 is 27.8 Å². The number of benzene rings is 2. The molecule has 41 heavy (non-hydrogen) atoms. The number of amides is 1. The van der Waals surface area contributed by atoms with Crippen LogP contribution >= 0.6 is 0 Å². The minimum atomic E-state index is -4.12. The fourth-order valence-corrected chi connectivity index (χ4v) is 6.40. The second-order valence-corrected chi connectivity index (χ2v) is 12.3. The molecule has 1 aromatic heterocycles. The number of carboxylic acids is 1.